The van der Waals surface area contributed by atoms with E-state index in [2.05, 4.69) is 10.6 Å². The van der Waals surface area contributed by atoms with E-state index in [1.165, 1.54) is 0 Å². The van der Waals surface area contributed by atoms with Crippen molar-refractivity contribution < 1.29 is 9.59 Å². The summed E-state index contributed by atoms with van der Waals surface area (Å²) in [6.07, 6.45) is 1.07. The number of amides is 2. The van der Waals surface area contributed by atoms with Crippen LogP contribution in [0.4, 0.5) is 5.69 Å². The summed E-state index contributed by atoms with van der Waals surface area (Å²) in [4.78, 5) is 22.9. The third-order valence-corrected chi connectivity index (χ3v) is 2.63. The third kappa shape index (κ3) is 4.18. The normalized spacial score (nSPS) is 11.7. The molecule has 1 aromatic rings. The van der Waals surface area contributed by atoms with Crippen molar-refractivity contribution in [2.24, 2.45) is 5.73 Å². The molecule has 0 fully saturated rings. The van der Waals surface area contributed by atoms with Crippen molar-refractivity contribution in [2.75, 3.05) is 12.4 Å². The van der Waals surface area contributed by atoms with Gasteiger partial charge in [-0.15, -0.1) is 0 Å². The number of anilines is 1. The lowest BCUT2D eigenvalue weighted by Crippen LogP contribution is -2.26. The number of hydrogen-bond donors (Lipinski definition) is 3. The average molecular weight is 249 g/mol. The average Bonchev–Trinajstić information content (AvgIpc) is 2.38. The predicted octanol–water partition coefficient (Wildman–Crippen LogP) is 1.11. The fourth-order valence-corrected chi connectivity index (χ4v) is 1.44. The molecule has 2 amide bonds. The Morgan fingerprint density at radius 1 is 1.28 bits per heavy atom. The van der Waals surface area contributed by atoms with E-state index in [1.54, 1.807) is 31.3 Å². The summed E-state index contributed by atoms with van der Waals surface area (Å²) >= 11 is 0. The molecule has 1 aromatic carbocycles. The van der Waals surface area contributed by atoms with E-state index in [0.717, 1.165) is 6.42 Å². The molecular weight excluding hydrogens is 230 g/mol. The first kappa shape index (κ1) is 14.2. The molecule has 0 saturated carbocycles. The monoisotopic (exact) mass is 249 g/mol. The van der Waals surface area contributed by atoms with Gasteiger partial charge < -0.3 is 16.4 Å². The highest BCUT2D eigenvalue weighted by molar-refractivity contribution is 5.95. The molecule has 0 aliphatic rings. The molecule has 1 unspecified atom stereocenters. The first-order valence-electron chi connectivity index (χ1n) is 5.94. The second-order valence-electron chi connectivity index (χ2n) is 4.08. The van der Waals surface area contributed by atoms with Crippen molar-refractivity contribution in [1.82, 2.24) is 5.32 Å². The lowest BCUT2D eigenvalue weighted by atomic mass is 10.1. The highest BCUT2D eigenvalue weighted by atomic mass is 16.2. The SMILES string of the molecule is CCC(N)CC(=O)Nc1ccc(C(=O)NC)cc1. The maximum Gasteiger partial charge on any atom is 0.251 e. The minimum atomic E-state index is -0.152. The van der Waals surface area contributed by atoms with E-state index in [0.29, 0.717) is 17.7 Å². The van der Waals surface area contributed by atoms with Crippen LogP contribution in [0, 0.1) is 0 Å². The number of hydrogen-bond acceptors (Lipinski definition) is 3. The second-order valence-corrected chi connectivity index (χ2v) is 4.08. The lowest BCUT2D eigenvalue weighted by Gasteiger charge is -2.09. The van der Waals surface area contributed by atoms with Crippen molar-refractivity contribution in [3.05, 3.63) is 29.8 Å². The summed E-state index contributed by atoms with van der Waals surface area (Å²) in [6, 6.07) is 6.59. The maximum absolute atomic E-state index is 11.6. The van der Waals surface area contributed by atoms with Crippen molar-refractivity contribution >= 4 is 17.5 Å². The predicted molar refractivity (Wildman–Crippen MR) is 71.3 cm³/mol. The van der Waals surface area contributed by atoms with Crippen molar-refractivity contribution in [2.45, 2.75) is 25.8 Å². The van der Waals surface area contributed by atoms with Gasteiger partial charge in [-0.3, -0.25) is 9.59 Å². The number of carbonyl (C=O) groups excluding carboxylic acids is 2. The molecule has 18 heavy (non-hydrogen) atoms. The number of carbonyl (C=O) groups is 2. The minimum absolute atomic E-state index is 0.114. The van der Waals surface area contributed by atoms with Crippen LogP contribution in [0.3, 0.4) is 0 Å². The zero-order valence-corrected chi connectivity index (χ0v) is 10.7. The van der Waals surface area contributed by atoms with Gasteiger partial charge in [0.15, 0.2) is 0 Å². The fraction of sp³-hybridized carbons (Fsp3) is 0.385. The van der Waals surface area contributed by atoms with Gasteiger partial charge in [0, 0.05) is 30.8 Å². The Balaban J connectivity index is 2.58. The van der Waals surface area contributed by atoms with Gasteiger partial charge in [-0.25, -0.2) is 0 Å². The molecule has 0 aliphatic carbocycles. The van der Waals surface area contributed by atoms with Crippen LogP contribution in [0.15, 0.2) is 24.3 Å². The number of benzene rings is 1. The minimum Gasteiger partial charge on any atom is -0.355 e. The smallest absolute Gasteiger partial charge is 0.251 e. The third-order valence-electron chi connectivity index (χ3n) is 2.63. The van der Waals surface area contributed by atoms with Gasteiger partial charge in [0.25, 0.3) is 5.91 Å². The van der Waals surface area contributed by atoms with Crippen LogP contribution in [0.5, 0.6) is 0 Å². The molecular formula is C13H19N3O2. The Kier molecular flexibility index (Phi) is 5.32. The Hall–Kier alpha value is -1.88. The summed E-state index contributed by atoms with van der Waals surface area (Å²) < 4.78 is 0. The molecule has 1 rings (SSSR count). The first-order valence-corrected chi connectivity index (χ1v) is 5.94. The molecule has 0 saturated heterocycles. The second kappa shape index (κ2) is 6.76. The van der Waals surface area contributed by atoms with Gasteiger partial charge in [0.1, 0.15) is 0 Å². The summed E-state index contributed by atoms with van der Waals surface area (Å²) in [5.74, 6) is -0.266. The van der Waals surface area contributed by atoms with E-state index in [9.17, 15) is 9.59 Å². The number of rotatable bonds is 5. The van der Waals surface area contributed by atoms with Crippen LogP contribution in [0.1, 0.15) is 30.1 Å². The fourth-order valence-electron chi connectivity index (χ4n) is 1.44. The zero-order valence-electron chi connectivity index (χ0n) is 10.7. The van der Waals surface area contributed by atoms with Crippen LogP contribution in [-0.4, -0.2) is 24.9 Å². The highest BCUT2D eigenvalue weighted by Crippen LogP contribution is 2.10. The Labute approximate surface area is 107 Å². The van der Waals surface area contributed by atoms with Gasteiger partial charge in [-0.05, 0) is 30.7 Å². The van der Waals surface area contributed by atoms with E-state index < -0.39 is 0 Å². The molecule has 0 heterocycles. The molecule has 0 radical (unpaired) electrons. The summed E-state index contributed by atoms with van der Waals surface area (Å²) in [5, 5.41) is 5.27. The van der Waals surface area contributed by atoms with Crippen LogP contribution in [0.2, 0.25) is 0 Å². The van der Waals surface area contributed by atoms with E-state index in [4.69, 9.17) is 5.73 Å². The molecule has 5 heteroatoms. The molecule has 1 atom stereocenters. The first-order chi connectivity index (χ1) is 8.56. The van der Waals surface area contributed by atoms with Gasteiger partial charge in [-0.2, -0.15) is 0 Å². The standard InChI is InChI=1S/C13H19N3O2/c1-3-10(14)8-12(17)16-11-6-4-9(5-7-11)13(18)15-2/h4-7,10H,3,8,14H2,1-2H3,(H,15,18)(H,16,17). The summed E-state index contributed by atoms with van der Waals surface area (Å²) in [6.45, 7) is 1.94. The van der Waals surface area contributed by atoms with Crippen LogP contribution in [0.25, 0.3) is 0 Å². The van der Waals surface area contributed by atoms with Gasteiger partial charge >= 0.3 is 0 Å². The maximum atomic E-state index is 11.6. The molecule has 0 spiro atoms. The molecule has 0 bridgehead atoms. The molecule has 98 valence electrons. The topological polar surface area (TPSA) is 84.2 Å². The van der Waals surface area contributed by atoms with Crippen molar-refractivity contribution in [3.63, 3.8) is 0 Å². The van der Waals surface area contributed by atoms with Gasteiger partial charge in [-0.1, -0.05) is 6.92 Å². The van der Waals surface area contributed by atoms with Crippen LogP contribution < -0.4 is 16.4 Å². The number of nitrogens with one attached hydrogen (secondary N) is 2. The van der Waals surface area contributed by atoms with Crippen molar-refractivity contribution in [3.8, 4) is 0 Å². The van der Waals surface area contributed by atoms with Crippen molar-refractivity contribution in [1.29, 1.82) is 0 Å². The van der Waals surface area contributed by atoms with Gasteiger partial charge in [0.2, 0.25) is 5.91 Å². The lowest BCUT2D eigenvalue weighted by molar-refractivity contribution is -0.116. The number of nitrogens with two attached hydrogens (primary N) is 1. The van der Waals surface area contributed by atoms with Crippen LogP contribution in [-0.2, 0) is 4.79 Å². The largest absolute Gasteiger partial charge is 0.355 e. The molecule has 0 aromatic heterocycles. The Morgan fingerprint density at radius 3 is 2.39 bits per heavy atom. The summed E-state index contributed by atoms with van der Waals surface area (Å²) in [5.41, 5.74) is 6.91. The molecule has 5 nitrogen and oxygen atoms in total. The van der Waals surface area contributed by atoms with Crippen LogP contribution >= 0.6 is 0 Å². The van der Waals surface area contributed by atoms with Gasteiger partial charge in [0.05, 0.1) is 0 Å². The van der Waals surface area contributed by atoms with E-state index >= 15 is 0 Å². The Morgan fingerprint density at radius 2 is 1.89 bits per heavy atom. The van der Waals surface area contributed by atoms with E-state index in [-0.39, 0.29) is 17.9 Å². The zero-order chi connectivity index (χ0) is 13.5. The van der Waals surface area contributed by atoms with E-state index in [1.807, 2.05) is 6.92 Å². The summed E-state index contributed by atoms with van der Waals surface area (Å²) in [7, 11) is 1.57. The molecule has 4 N–H and O–H groups in total. The highest BCUT2D eigenvalue weighted by Gasteiger charge is 2.08. The molecule has 0 aliphatic heterocycles. The Bertz CT molecular complexity index is 415. The quantitative estimate of drug-likeness (QED) is 0.731.